The number of carbonyl (C=O) groups is 1. The summed E-state index contributed by atoms with van der Waals surface area (Å²) in [4.78, 5) is 12.3. The van der Waals surface area contributed by atoms with Crippen LogP contribution in [-0.2, 0) is 10.0 Å². The summed E-state index contributed by atoms with van der Waals surface area (Å²) in [5.41, 5.74) is 3.60. The highest BCUT2D eigenvalue weighted by Gasteiger charge is 2.29. The van der Waals surface area contributed by atoms with Crippen LogP contribution >= 0.6 is 11.6 Å². The molecule has 8 heteroatoms. The molecule has 0 saturated carbocycles. The van der Waals surface area contributed by atoms with Crippen LogP contribution in [-0.4, -0.2) is 19.5 Å². The van der Waals surface area contributed by atoms with E-state index in [1.165, 1.54) is 23.2 Å². The van der Waals surface area contributed by atoms with Gasteiger partial charge in [0.1, 0.15) is 0 Å². The van der Waals surface area contributed by atoms with Gasteiger partial charge >= 0.3 is 6.03 Å². The summed E-state index contributed by atoms with van der Waals surface area (Å²) in [6, 6.07) is 13.8. The highest BCUT2D eigenvalue weighted by Crippen LogP contribution is 2.24. The van der Waals surface area contributed by atoms with Gasteiger partial charge < -0.3 is 5.43 Å². The minimum absolute atomic E-state index is 0.0771. The van der Waals surface area contributed by atoms with E-state index in [2.05, 4.69) is 5.43 Å². The lowest BCUT2D eigenvalue weighted by atomic mass is 10.1. The SMILES string of the molecule is O=C(NS(=O)(=O)c1cccc(Cl)c1)N1NC=CC1c1ccccc1. The zero-order chi connectivity index (χ0) is 17.2. The third kappa shape index (κ3) is 3.37. The molecule has 124 valence electrons. The molecular formula is C16H14ClN3O3S. The van der Waals surface area contributed by atoms with Crippen LogP contribution in [0.3, 0.4) is 0 Å². The minimum atomic E-state index is -4.02. The van der Waals surface area contributed by atoms with Gasteiger partial charge in [0.25, 0.3) is 10.0 Å². The maximum atomic E-state index is 12.4. The normalized spacial score (nSPS) is 16.7. The molecule has 3 rings (SSSR count). The summed E-state index contributed by atoms with van der Waals surface area (Å²) < 4.78 is 26.7. The molecule has 24 heavy (non-hydrogen) atoms. The van der Waals surface area contributed by atoms with Crippen molar-refractivity contribution in [1.82, 2.24) is 15.2 Å². The van der Waals surface area contributed by atoms with E-state index < -0.39 is 22.1 Å². The van der Waals surface area contributed by atoms with Crippen LogP contribution in [0.25, 0.3) is 0 Å². The van der Waals surface area contributed by atoms with Crippen LogP contribution in [0.4, 0.5) is 4.79 Å². The number of benzene rings is 2. The number of hydrogen-bond donors (Lipinski definition) is 2. The molecule has 1 atom stereocenters. The van der Waals surface area contributed by atoms with Crippen molar-refractivity contribution in [2.45, 2.75) is 10.9 Å². The molecule has 0 bridgehead atoms. The van der Waals surface area contributed by atoms with Gasteiger partial charge in [0.15, 0.2) is 0 Å². The van der Waals surface area contributed by atoms with E-state index in [1.807, 2.05) is 35.1 Å². The van der Waals surface area contributed by atoms with Gasteiger partial charge in [0.2, 0.25) is 0 Å². The Balaban J connectivity index is 1.79. The second kappa shape index (κ2) is 6.54. The average Bonchev–Trinajstić information content (AvgIpc) is 3.05. The fraction of sp³-hybridized carbons (Fsp3) is 0.0625. The fourth-order valence-corrected chi connectivity index (χ4v) is 3.57. The fourth-order valence-electron chi connectivity index (χ4n) is 2.33. The Bertz CT molecular complexity index is 884. The Morgan fingerprint density at radius 2 is 1.88 bits per heavy atom. The molecule has 0 saturated heterocycles. The van der Waals surface area contributed by atoms with E-state index in [4.69, 9.17) is 11.6 Å². The Kier molecular flexibility index (Phi) is 4.46. The first kappa shape index (κ1) is 16.4. The van der Waals surface area contributed by atoms with Crippen molar-refractivity contribution < 1.29 is 13.2 Å². The average molecular weight is 364 g/mol. The molecule has 0 aromatic heterocycles. The Hall–Kier alpha value is -2.51. The molecule has 2 aromatic rings. The van der Waals surface area contributed by atoms with Crippen LogP contribution in [0.2, 0.25) is 5.02 Å². The largest absolute Gasteiger partial charge is 0.350 e. The standard InChI is InChI=1S/C16H14ClN3O3S/c17-13-7-4-8-14(11-13)24(22,23)19-16(21)20-15(9-10-18-20)12-5-2-1-3-6-12/h1-11,15,18H,(H,19,21). The topological polar surface area (TPSA) is 78.5 Å². The molecule has 1 heterocycles. The number of sulfonamides is 1. The van der Waals surface area contributed by atoms with E-state index in [0.717, 1.165) is 5.56 Å². The second-order valence-electron chi connectivity index (χ2n) is 5.08. The first-order chi connectivity index (χ1) is 11.5. The molecule has 6 nitrogen and oxygen atoms in total. The summed E-state index contributed by atoms with van der Waals surface area (Å²) in [5, 5.41) is 1.48. The number of halogens is 1. The first-order valence-corrected chi connectivity index (χ1v) is 8.93. The van der Waals surface area contributed by atoms with E-state index in [-0.39, 0.29) is 9.92 Å². The summed E-state index contributed by atoms with van der Waals surface area (Å²) in [6.45, 7) is 0. The zero-order valence-corrected chi connectivity index (χ0v) is 14.0. The van der Waals surface area contributed by atoms with Crippen molar-refractivity contribution in [1.29, 1.82) is 0 Å². The van der Waals surface area contributed by atoms with Gasteiger partial charge in [-0.2, -0.15) is 0 Å². The molecule has 2 amide bonds. The Morgan fingerprint density at radius 1 is 1.12 bits per heavy atom. The third-order valence-corrected chi connectivity index (χ3v) is 5.01. The molecule has 1 aliphatic rings. The van der Waals surface area contributed by atoms with Crippen molar-refractivity contribution in [3.63, 3.8) is 0 Å². The molecule has 0 radical (unpaired) electrons. The van der Waals surface area contributed by atoms with Gasteiger partial charge in [0.05, 0.1) is 10.9 Å². The predicted octanol–water partition coefficient (Wildman–Crippen LogP) is 2.81. The number of hydrogen-bond acceptors (Lipinski definition) is 4. The maximum absolute atomic E-state index is 12.4. The number of nitrogens with zero attached hydrogens (tertiary/aromatic N) is 1. The van der Waals surface area contributed by atoms with Crippen LogP contribution in [0.5, 0.6) is 0 Å². The molecule has 1 unspecified atom stereocenters. The van der Waals surface area contributed by atoms with Gasteiger partial charge in [-0.05, 0) is 29.8 Å². The van der Waals surface area contributed by atoms with Gasteiger partial charge in [-0.25, -0.2) is 22.9 Å². The van der Waals surface area contributed by atoms with Gasteiger partial charge in [-0.1, -0.05) is 48.0 Å². The number of carbonyl (C=O) groups excluding carboxylic acids is 1. The highest BCUT2D eigenvalue weighted by molar-refractivity contribution is 7.90. The molecule has 2 N–H and O–H groups in total. The molecule has 2 aromatic carbocycles. The molecular weight excluding hydrogens is 350 g/mol. The van der Waals surface area contributed by atoms with Gasteiger partial charge in [-0.3, -0.25) is 0 Å². The minimum Gasteiger partial charge on any atom is -0.301 e. The van der Waals surface area contributed by atoms with Gasteiger partial charge in [0, 0.05) is 11.2 Å². The van der Waals surface area contributed by atoms with Crippen molar-refractivity contribution in [3.8, 4) is 0 Å². The van der Waals surface area contributed by atoms with E-state index in [1.54, 1.807) is 18.3 Å². The quantitative estimate of drug-likeness (QED) is 0.879. The van der Waals surface area contributed by atoms with E-state index >= 15 is 0 Å². The Morgan fingerprint density at radius 3 is 2.58 bits per heavy atom. The lowest BCUT2D eigenvalue weighted by Gasteiger charge is -2.24. The number of rotatable bonds is 3. The maximum Gasteiger partial charge on any atom is 0.350 e. The lowest BCUT2D eigenvalue weighted by molar-refractivity contribution is 0.181. The number of amides is 2. The second-order valence-corrected chi connectivity index (χ2v) is 7.20. The zero-order valence-electron chi connectivity index (χ0n) is 12.4. The van der Waals surface area contributed by atoms with Crippen LogP contribution < -0.4 is 10.1 Å². The van der Waals surface area contributed by atoms with E-state index in [0.29, 0.717) is 0 Å². The van der Waals surface area contributed by atoms with Crippen LogP contribution in [0, 0.1) is 0 Å². The molecule has 1 aliphatic heterocycles. The summed E-state index contributed by atoms with van der Waals surface area (Å²) in [5.74, 6) is 0. The van der Waals surface area contributed by atoms with Crippen molar-refractivity contribution in [2.75, 3.05) is 0 Å². The third-order valence-electron chi connectivity index (χ3n) is 3.46. The summed E-state index contributed by atoms with van der Waals surface area (Å²) in [6.07, 6.45) is 3.35. The van der Waals surface area contributed by atoms with Crippen LogP contribution in [0.1, 0.15) is 11.6 Å². The molecule has 0 fully saturated rings. The lowest BCUT2D eigenvalue weighted by Crippen LogP contribution is -2.47. The number of hydrazine groups is 1. The van der Waals surface area contributed by atoms with Crippen molar-refractivity contribution in [2.24, 2.45) is 0 Å². The number of urea groups is 1. The molecule has 0 spiro atoms. The monoisotopic (exact) mass is 363 g/mol. The van der Waals surface area contributed by atoms with Crippen LogP contribution in [0.15, 0.2) is 71.8 Å². The molecule has 0 aliphatic carbocycles. The highest BCUT2D eigenvalue weighted by atomic mass is 35.5. The summed E-state index contributed by atoms with van der Waals surface area (Å²) >= 11 is 5.81. The first-order valence-electron chi connectivity index (χ1n) is 7.07. The van der Waals surface area contributed by atoms with Gasteiger partial charge in [-0.15, -0.1) is 0 Å². The van der Waals surface area contributed by atoms with Crippen molar-refractivity contribution >= 4 is 27.7 Å². The number of nitrogens with one attached hydrogen (secondary N) is 2. The smallest absolute Gasteiger partial charge is 0.301 e. The van der Waals surface area contributed by atoms with Crippen molar-refractivity contribution in [3.05, 3.63) is 77.5 Å². The Labute approximate surface area is 144 Å². The predicted molar refractivity (Wildman–Crippen MR) is 90.5 cm³/mol. The van der Waals surface area contributed by atoms with E-state index in [9.17, 15) is 13.2 Å². The summed E-state index contributed by atoms with van der Waals surface area (Å²) in [7, 11) is -4.02.